The van der Waals surface area contributed by atoms with Gasteiger partial charge in [0.25, 0.3) is 11.5 Å². The zero-order chi connectivity index (χ0) is 14.0. The van der Waals surface area contributed by atoms with Gasteiger partial charge in [0.2, 0.25) is 0 Å². The molecule has 5 heteroatoms. The Morgan fingerprint density at radius 1 is 1.26 bits per heavy atom. The number of pyridine rings is 1. The van der Waals surface area contributed by atoms with Gasteiger partial charge >= 0.3 is 0 Å². The maximum atomic E-state index is 12.1. The van der Waals surface area contributed by atoms with Gasteiger partial charge in [-0.3, -0.25) is 9.59 Å². The van der Waals surface area contributed by atoms with Crippen molar-refractivity contribution in [3.63, 3.8) is 0 Å². The summed E-state index contributed by atoms with van der Waals surface area (Å²) in [5.41, 5.74) is 1.70. The van der Waals surface area contributed by atoms with E-state index in [1.54, 1.807) is 38.1 Å². The molecule has 98 valence electrons. The van der Waals surface area contributed by atoms with E-state index in [4.69, 9.17) is 11.6 Å². The number of amides is 1. The summed E-state index contributed by atoms with van der Waals surface area (Å²) in [6, 6.07) is 6.91. The average Bonchev–Trinajstić information content (AvgIpc) is 2.35. The number of carbonyl (C=O) groups is 1. The van der Waals surface area contributed by atoms with Crippen LogP contribution in [0.5, 0.6) is 0 Å². The minimum atomic E-state index is -0.440. The molecule has 2 rings (SSSR count). The van der Waals surface area contributed by atoms with E-state index in [1.807, 2.05) is 0 Å². The van der Waals surface area contributed by atoms with Gasteiger partial charge in [-0.15, -0.1) is 0 Å². The van der Waals surface area contributed by atoms with Crippen LogP contribution in [0.25, 0.3) is 0 Å². The average molecular weight is 277 g/mol. The maximum absolute atomic E-state index is 12.1. The third kappa shape index (κ3) is 2.69. The zero-order valence-electron chi connectivity index (χ0n) is 10.6. The summed E-state index contributed by atoms with van der Waals surface area (Å²) in [5, 5.41) is 3.27. The first-order valence-electron chi connectivity index (χ1n) is 5.75. The maximum Gasteiger partial charge on any atom is 0.261 e. The normalized spacial score (nSPS) is 10.3. The smallest absolute Gasteiger partial charge is 0.261 e. The number of anilines is 1. The molecule has 0 saturated carbocycles. The van der Waals surface area contributed by atoms with E-state index in [0.29, 0.717) is 16.3 Å². The van der Waals surface area contributed by atoms with Crippen LogP contribution in [0.4, 0.5) is 5.69 Å². The highest BCUT2D eigenvalue weighted by molar-refractivity contribution is 6.31. The van der Waals surface area contributed by atoms with Gasteiger partial charge in [-0.25, -0.2) is 0 Å². The molecule has 0 aliphatic heterocycles. The van der Waals surface area contributed by atoms with Crippen LogP contribution in [0.2, 0.25) is 5.02 Å². The van der Waals surface area contributed by atoms with Crippen LogP contribution in [-0.4, -0.2) is 10.9 Å². The number of aromatic nitrogens is 1. The van der Waals surface area contributed by atoms with Crippen LogP contribution in [0.15, 0.2) is 35.3 Å². The van der Waals surface area contributed by atoms with E-state index in [2.05, 4.69) is 10.3 Å². The van der Waals surface area contributed by atoms with Crippen molar-refractivity contribution in [1.82, 2.24) is 4.98 Å². The fourth-order valence-corrected chi connectivity index (χ4v) is 1.96. The molecule has 0 fully saturated rings. The molecule has 0 atom stereocenters. The third-order valence-corrected chi connectivity index (χ3v) is 3.32. The number of rotatable bonds is 2. The van der Waals surface area contributed by atoms with Gasteiger partial charge in [0.05, 0.1) is 0 Å². The summed E-state index contributed by atoms with van der Waals surface area (Å²) in [4.78, 5) is 26.3. The quantitative estimate of drug-likeness (QED) is 0.886. The lowest BCUT2D eigenvalue weighted by Gasteiger charge is -2.10. The Kier molecular flexibility index (Phi) is 3.71. The summed E-state index contributed by atoms with van der Waals surface area (Å²) in [6.45, 7) is 3.52. The molecule has 1 aromatic carbocycles. The SMILES string of the molecule is Cc1cc[nH]c(=O)c1C(=O)Nc1cccc(Cl)c1C. The Bertz CT molecular complexity index is 692. The van der Waals surface area contributed by atoms with Gasteiger partial charge < -0.3 is 10.3 Å². The summed E-state index contributed by atoms with van der Waals surface area (Å²) < 4.78 is 0. The van der Waals surface area contributed by atoms with Crippen LogP contribution in [0.1, 0.15) is 21.5 Å². The van der Waals surface area contributed by atoms with E-state index < -0.39 is 11.5 Å². The molecule has 1 heterocycles. The lowest BCUT2D eigenvalue weighted by atomic mass is 10.1. The molecule has 2 N–H and O–H groups in total. The molecular weight excluding hydrogens is 264 g/mol. The highest BCUT2D eigenvalue weighted by Crippen LogP contribution is 2.23. The molecule has 1 amide bonds. The Labute approximate surface area is 115 Å². The molecule has 0 aliphatic rings. The summed E-state index contributed by atoms with van der Waals surface area (Å²) in [6.07, 6.45) is 1.51. The molecular formula is C14H13ClN2O2. The number of halogens is 1. The number of aromatic amines is 1. The lowest BCUT2D eigenvalue weighted by Crippen LogP contribution is -2.24. The molecule has 4 nitrogen and oxygen atoms in total. The van der Waals surface area contributed by atoms with Gasteiger partial charge in [0.15, 0.2) is 0 Å². The van der Waals surface area contributed by atoms with Crippen molar-refractivity contribution in [1.29, 1.82) is 0 Å². The zero-order valence-corrected chi connectivity index (χ0v) is 11.3. The summed E-state index contributed by atoms with van der Waals surface area (Å²) in [5.74, 6) is -0.440. The van der Waals surface area contributed by atoms with E-state index in [1.165, 1.54) is 6.20 Å². The molecule has 0 aliphatic carbocycles. The van der Waals surface area contributed by atoms with Gasteiger partial charge in [-0.2, -0.15) is 0 Å². The number of carbonyl (C=O) groups excluding carboxylic acids is 1. The van der Waals surface area contributed by atoms with Gasteiger partial charge in [-0.1, -0.05) is 17.7 Å². The first-order chi connectivity index (χ1) is 9.00. The van der Waals surface area contributed by atoms with E-state index in [-0.39, 0.29) is 5.56 Å². The summed E-state index contributed by atoms with van der Waals surface area (Å²) in [7, 11) is 0. The van der Waals surface area contributed by atoms with Crippen molar-refractivity contribution in [3.05, 3.63) is 62.5 Å². The Morgan fingerprint density at radius 3 is 2.68 bits per heavy atom. The van der Waals surface area contributed by atoms with Crippen molar-refractivity contribution in [2.75, 3.05) is 5.32 Å². The second-order valence-corrected chi connectivity index (χ2v) is 4.64. The van der Waals surface area contributed by atoms with E-state index in [0.717, 1.165) is 5.56 Å². The monoisotopic (exact) mass is 276 g/mol. The highest BCUT2D eigenvalue weighted by Gasteiger charge is 2.14. The van der Waals surface area contributed by atoms with Crippen LogP contribution in [0.3, 0.4) is 0 Å². The topological polar surface area (TPSA) is 62.0 Å². The fourth-order valence-electron chi connectivity index (χ4n) is 1.79. The number of aryl methyl sites for hydroxylation is 1. The van der Waals surface area contributed by atoms with Crippen molar-refractivity contribution < 1.29 is 4.79 Å². The van der Waals surface area contributed by atoms with Crippen molar-refractivity contribution >= 4 is 23.2 Å². The van der Waals surface area contributed by atoms with Crippen LogP contribution < -0.4 is 10.9 Å². The van der Waals surface area contributed by atoms with Gasteiger partial charge in [0, 0.05) is 16.9 Å². The van der Waals surface area contributed by atoms with Gasteiger partial charge in [0.1, 0.15) is 5.56 Å². The second kappa shape index (κ2) is 5.28. The van der Waals surface area contributed by atoms with Crippen molar-refractivity contribution in [2.24, 2.45) is 0 Å². The number of benzene rings is 1. The minimum absolute atomic E-state index is 0.113. The van der Waals surface area contributed by atoms with Gasteiger partial charge in [-0.05, 0) is 43.2 Å². The Balaban J connectivity index is 2.37. The van der Waals surface area contributed by atoms with E-state index >= 15 is 0 Å². The lowest BCUT2D eigenvalue weighted by molar-refractivity contribution is 0.102. The predicted octanol–water partition coefficient (Wildman–Crippen LogP) is 2.90. The number of nitrogens with one attached hydrogen (secondary N) is 2. The van der Waals surface area contributed by atoms with Crippen LogP contribution in [-0.2, 0) is 0 Å². The molecule has 0 unspecified atom stereocenters. The highest BCUT2D eigenvalue weighted by atomic mass is 35.5. The van der Waals surface area contributed by atoms with E-state index in [9.17, 15) is 9.59 Å². The van der Waals surface area contributed by atoms with Crippen LogP contribution >= 0.6 is 11.6 Å². The van der Waals surface area contributed by atoms with Crippen molar-refractivity contribution in [2.45, 2.75) is 13.8 Å². The molecule has 0 radical (unpaired) electrons. The van der Waals surface area contributed by atoms with Crippen LogP contribution in [0, 0.1) is 13.8 Å². The number of H-pyrrole nitrogens is 1. The fraction of sp³-hybridized carbons (Fsp3) is 0.143. The third-order valence-electron chi connectivity index (χ3n) is 2.91. The Hall–Kier alpha value is -2.07. The Morgan fingerprint density at radius 2 is 2.00 bits per heavy atom. The minimum Gasteiger partial charge on any atom is -0.328 e. The summed E-state index contributed by atoms with van der Waals surface area (Å²) >= 11 is 5.99. The largest absolute Gasteiger partial charge is 0.328 e. The molecule has 0 spiro atoms. The number of hydrogen-bond donors (Lipinski definition) is 2. The second-order valence-electron chi connectivity index (χ2n) is 4.23. The molecule has 2 aromatic rings. The molecule has 0 saturated heterocycles. The first kappa shape index (κ1) is 13.4. The standard InChI is InChI=1S/C14H13ClN2O2/c1-8-6-7-16-13(18)12(8)14(19)17-11-5-3-4-10(15)9(11)2/h3-7H,1-2H3,(H,16,18)(H,17,19). The number of hydrogen-bond acceptors (Lipinski definition) is 2. The molecule has 1 aromatic heterocycles. The first-order valence-corrected chi connectivity index (χ1v) is 6.13. The molecule has 19 heavy (non-hydrogen) atoms. The molecule has 0 bridgehead atoms. The predicted molar refractivity (Wildman–Crippen MR) is 75.9 cm³/mol. The van der Waals surface area contributed by atoms with Crippen molar-refractivity contribution in [3.8, 4) is 0 Å².